The van der Waals surface area contributed by atoms with Gasteiger partial charge in [0.1, 0.15) is 17.2 Å². The molecule has 1 aromatic carbocycles. The third-order valence-electron chi connectivity index (χ3n) is 2.48. The summed E-state index contributed by atoms with van der Waals surface area (Å²) in [6, 6.07) is 2.56. The van der Waals surface area contributed by atoms with Crippen molar-refractivity contribution >= 4 is 32.7 Å². The molecule has 0 aliphatic rings. The maximum Gasteiger partial charge on any atom is 0.152 e. The van der Waals surface area contributed by atoms with E-state index >= 15 is 0 Å². The first-order chi connectivity index (χ1) is 8.04. The Balaban J connectivity index is 2.78. The molecule has 0 aliphatic heterocycles. The molecule has 0 radical (unpaired) electrons. The van der Waals surface area contributed by atoms with E-state index in [0.29, 0.717) is 17.7 Å². The van der Waals surface area contributed by atoms with Gasteiger partial charge >= 0.3 is 0 Å². The van der Waals surface area contributed by atoms with Crippen LogP contribution in [0.25, 0.3) is 10.9 Å². The van der Waals surface area contributed by atoms with Crippen LogP contribution in [-0.2, 0) is 0 Å². The molecule has 1 heterocycles. The van der Waals surface area contributed by atoms with E-state index in [1.165, 1.54) is 0 Å². The SMILES string of the molecule is CCNc1nc2c(F)cc(F)c(Br)c2cc1C. The zero-order valence-corrected chi connectivity index (χ0v) is 11.0. The highest BCUT2D eigenvalue weighted by Crippen LogP contribution is 2.30. The monoisotopic (exact) mass is 300 g/mol. The van der Waals surface area contributed by atoms with Crippen LogP contribution in [0.15, 0.2) is 16.6 Å². The molecule has 0 amide bonds. The number of rotatable bonds is 2. The average Bonchev–Trinajstić information content (AvgIpc) is 2.28. The summed E-state index contributed by atoms with van der Waals surface area (Å²) in [4.78, 5) is 4.18. The number of aromatic nitrogens is 1. The number of benzene rings is 1. The maximum absolute atomic E-state index is 13.6. The molecule has 0 spiro atoms. The number of nitrogens with one attached hydrogen (secondary N) is 1. The summed E-state index contributed by atoms with van der Waals surface area (Å²) >= 11 is 3.11. The predicted molar refractivity (Wildman–Crippen MR) is 68.3 cm³/mol. The molecule has 0 saturated carbocycles. The van der Waals surface area contributed by atoms with Crippen molar-refractivity contribution in [3.8, 4) is 0 Å². The maximum atomic E-state index is 13.6. The minimum Gasteiger partial charge on any atom is -0.370 e. The quantitative estimate of drug-likeness (QED) is 0.848. The van der Waals surface area contributed by atoms with E-state index in [2.05, 4.69) is 26.2 Å². The number of fused-ring (bicyclic) bond motifs is 1. The van der Waals surface area contributed by atoms with Crippen molar-refractivity contribution < 1.29 is 8.78 Å². The first-order valence-electron chi connectivity index (χ1n) is 5.23. The smallest absolute Gasteiger partial charge is 0.152 e. The van der Waals surface area contributed by atoms with Gasteiger partial charge in [-0.1, -0.05) is 0 Å². The molecule has 2 aromatic rings. The molecule has 2 nitrogen and oxygen atoms in total. The van der Waals surface area contributed by atoms with Gasteiger partial charge in [0, 0.05) is 18.0 Å². The number of halogens is 3. The molecule has 0 bridgehead atoms. The van der Waals surface area contributed by atoms with Crippen molar-refractivity contribution in [2.45, 2.75) is 13.8 Å². The number of nitrogens with zero attached hydrogens (tertiary/aromatic N) is 1. The van der Waals surface area contributed by atoms with Crippen molar-refractivity contribution in [3.05, 3.63) is 33.8 Å². The molecular weight excluding hydrogens is 290 g/mol. The summed E-state index contributed by atoms with van der Waals surface area (Å²) in [5, 5.41) is 3.49. The van der Waals surface area contributed by atoms with E-state index in [4.69, 9.17) is 0 Å². The minimum absolute atomic E-state index is 0.167. The fourth-order valence-electron chi connectivity index (χ4n) is 1.68. The Morgan fingerprint density at radius 2 is 2.00 bits per heavy atom. The van der Waals surface area contributed by atoms with Crippen LogP contribution in [0.4, 0.5) is 14.6 Å². The molecule has 0 aliphatic carbocycles. The number of hydrogen-bond acceptors (Lipinski definition) is 2. The Labute approximate surface area is 106 Å². The highest BCUT2D eigenvalue weighted by Gasteiger charge is 2.13. The second-order valence-corrected chi connectivity index (χ2v) is 4.53. The van der Waals surface area contributed by atoms with Crippen molar-refractivity contribution in [1.82, 2.24) is 4.98 Å². The van der Waals surface area contributed by atoms with Gasteiger partial charge in [0.05, 0.1) is 4.47 Å². The van der Waals surface area contributed by atoms with Gasteiger partial charge in [0.15, 0.2) is 5.82 Å². The molecule has 0 fully saturated rings. The van der Waals surface area contributed by atoms with Crippen LogP contribution in [0.1, 0.15) is 12.5 Å². The van der Waals surface area contributed by atoms with E-state index in [1.54, 1.807) is 6.07 Å². The third-order valence-corrected chi connectivity index (χ3v) is 3.29. The fraction of sp³-hybridized carbons (Fsp3) is 0.250. The van der Waals surface area contributed by atoms with Gasteiger partial charge < -0.3 is 5.32 Å². The summed E-state index contributed by atoms with van der Waals surface area (Å²) in [6.07, 6.45) is 0. The third kappa shape index (κ3) is 2.11. The molecule has 0 atom stereocenters. The molecule has 2 rings (SSSR count). The Bertz CT molecular complexity index is 584. The van der Waals surface area contributed by atoms with E-state index in [0.717, 1.165) is 11.6 Å². The Morgan fingerprint density at radius 1 is 1.29 bits per heavy atom. The number of aryl methyl sites for hydroxylation is 1. The standard InChI is InChI=1S/C12H11BrF2N2/c1-3-16-12-6(2)4-7-10(13)8(14)5-9(15)11(7)17-12/h4-5H,3H2,1-2H3,(H,16,17). The zero-order valence-electron chi connectivity index (χ0n) is 9.44. The van der Waals surface area contributed by atoms with E-state index in [1.807, 2.05) is 13.8 Å². The van der Waals surface area contributed by atoms with Gasteiger partial charge in [-0.3, -0.25) is 0 Å². The second-order valence-electron chi connectivity index (χ2n) is 3.73. The lowest BCUT2D eigenvalue weighted by molar-refractivity contribution is 0.586. The van der Waals surface area contributed by atoms with Crippen molar-refractivity contribution in [1.29, 1.82) is 0 Å². The minimum atomic E-state index is -0.653. The first kappa shape index (κ1) is 12.2. The molecule has 0 saturated heterocycles. The summed E-state index contributed by atoms with van der Waals surface area (Å²) in [5.74, 6) is -0.648. The van der Waals surface area contributed by atoms with Crippen LogP contribution in [0, 0.1) is 18.6 Å². The number of anilines is 1. The largest absolute Gasteiger partial charge is 0.370 e. The van der Waals surface area contributed by atoms with Crippen LogP contribution in [0.3, 0.4) is 0 Å². The van der Waals surface area contributed by atoms with Gasteiger partial charge in [-0.15, -0.1) is 0 Å². The first-order valence-corrected chi connectivity index (χ1v) is 6.02. The highest BCUT2D eigenvalue weighted by molar-refractivity contribution is 9.10. The molecule has 5 heteroatoms. The number of pyridine rings is 1. The van der Waals surface area contributed by atoms with Crippen molar-refractivity contribution in [2.75, 3.05) is 11.9 Å². The normalized spacial score (nSPS) is 10.9. The molecular formula is C12H11BrF2N2. The van der Waals surface area contributed by atoms with Gasteiger partial charge in [-0.25, -0.2) is 13.8 Å². The summed E-state index contributed by atoms with van der Waals surface area (Å²) in [7, 11) is 0. The average molecular weight is 301 g/mol. The zero-order chi connectivity index (χ0) is 12.6. The Hall–Kier alpha value is -1.23. The molecule has 1 N–H and O–H groups in total. The lowest BCUT2D eigenvalue weighted by Crippen LogP contribution is -2.03. The van der Waals surface area contributed by atoms with Crippen LogP contribution in [0.2, 0.25) is 0 Å². The fourth-order valence-corrected chi connectivity index (χ4v) is 2.10. The van der Waals surface area contributed by atoms with Crippen LogP contribution in [0.5, 0.6) is 0 Å². The predicted octanol–water partition coefficient (Wildman–Crippen LogP) is 4.02. The van der Waals surface area contributed by atoms with Gasteiger partial charge in [-0.05, 0) is 41.4 Å². The Morgan fingerprint density at radius 3 is 2.65 bits per heavy atom. The summed E-state index contributed by atoms with van der Waals surface area (Å²) in [6.45, 7) is 4.48. The van der Waals surface area contributed by atoms with Crippen LogP contribution >= 0.6 is 15.9 Å². The van der Waals surface area contributed by atoms with Crippen molar-refractivity contribution in [3.63, 3.8) is 0 Å². The van der Waals surface area contributed by atoms with E-state index in [9.17, 15) is 8.78 Å². The number of hydrogen-bond donors (Lipinski definition) is 1. The van der Waals surface area contributed by atoms with Gasteiger partial charge in [-0.2, -0.15) is 0 Å². The lowest BCUT2D eigenvalue weighted by atomic mass is 10.1. The lowest BCUT2D eigenvalue weighted by Gasteiger charge is -2.10. The highest BCUT2D eigenvalue weighted by atomic mass is 79.9. The molecule has 1 aromatic heterocycles. The molecule has 17 heavy (non-hydrogen) atoms. The van der Waals surface area contributed by atoms with Crippen LogP contribution in [-0.4, -0.2) is 11.5 Å². The van der Waals surface area contributed by atoms with E-state index < -0.39 is 11.6 Å². The Kier molecular flexibility index (Phi) is 3.28. The molecule has 0 unspecified atom stereocenters. The van der Waals surface area contributed by atoms with Gasteiger partial charge in [0.25, 0.3) is 0 Å². The van der Waals surface area contributed by atoms with Gasteiger partial charge in [0.2, 0.25) is 0 Å². The van der Waals surface area contributed by atoms with Crippen LogP contribution < -0.4 is 5.32 Å². The topological polar surface area (TPSA) is 24.9 Å². The van der Waals surface area contributed by atoms with Crippen molar-refractivity contribution in [2.24, 2.45) is 0 Å². The second kappa shape index (κ2) is 4.56. The van der Waals surface area contributed by atoms with E-state index in [-0.39, 0.29) is 9.99 Å². The summed E-state index contributed by atoms with van der Waals surface area (Å²) < 4.78 is 27.2. The summed E-state index contributed by atoms with van der Waals surface area (Å²) in [5.41, 5.74) is 1.02. The molecule has 90 valence electrons.